The smallest absolute Gasteiger partial charge is 0.157 e. The number of nitrogens with zero attached hydrogens (tertiary/aromatic N) is 2. The van der Waals surface area contributed by atoms with E-state index in [2.05, 4.69) is 21.6 Å². The van der Waals surface area contributed by atoms with Crippen molar-refractivity contribution < 1.29 is 4.74 Å². The number of nitrogens with one attached hydrogen (secondary N) is 1. The number of fused-ring (bicyclic) bond motifs is 1. The third-order valence-electron chi connectivity index (χ3n) is 3.79. The topological polar surface area (TPSA) is 73.1 Å². The van der Waals surface area contributed by atoms with Crippen LogP contribution in [-0.2, 0) is 4.74 Å². The van der Waals surface area contributed by atoms with Crippen molar-refractivity contribution in [2.24, 2.45) is 5.73 Å². The molecule has 0 unspecified atom stereocenters. The van der Waals surface area contributed by atoms with E-state index in [0.717, 1.165) is 42.6 Å². The van der Waals surface area contributed by atoms with E-state index in [1.165, 1.54) is 0 Å². The first-order valence-electron chi connectivity index (χ1n) is 6.59. The predicted octanol–water partition coefficient (Wildman–Crippen LogP) is 1.55. The molecule has 2 aromatic rings. The molecular weight excluding hydrogens is 240 g/mol. The van der Waals surface area contributed by atoms with Crippen LogP contribution in [0.5, 0.6) is 0 Å². The fourth-order valence-electron chi connectivity index (χ4n) is 2.51. The van der Waals surface area contributed by atoms with Crippen molar-refractivity contribution in [2.45, 2.75) is 18.4 Å². The van der Waals surface area contributed by atoms with E-state index < -0.39 is 0 Å². The molecule has 19 heavy (non-hydrogen) atoms. The summed E-state index contributed by atoms with van der Waals surface area (Å²) in [6.07, 6.45) is 3.57. The SMILES string of the molecule is NCC1(Nc2nncc3ccccc23)CCOCC1. The average Bonchev–Trinajstić information content (AvgIpc) is 2.49. The minimum atomic E-state index is -0.128. The third kappa shape index (κ3) is 2.39. The summed E-state index contributed by atoms with van der Waals surface area (Å²) in [4.78, 5) is 0. The first-order valence-corrected chi connectivity index (χ1v) is 6.59. The van der Waals surface area contributed by atoms with E-state index >= 15 is 0 Å². The van der Waals surface area contributed by atoms with Gasteiger partial charge in [-0.3, -0.25) is 0 Å². The summed E-state index contributed by atoms with van der Waals surface area (Å²) in [5.41, 5.74) is 5.84. The largest absolute Gasteiger partial charge is 0.381 e. The fraction of sp³-hybridized carbons (Fsp3) is 0.429. The van der Waals surface area contributed by atoms with Crippen molar-refractivity contribution in [3.63, 3.8) is 0 Å². The van der Waals surface area contributed by atoms with Crippen molar-refractivity contribution in [3.8, 4) is 0 Å². The summed E-state index contributed by atoms with van der Waals surface area (Å²) in [6.45, 7) is 2.05. The molecule has 0 bridgehead atoms. The molecular formula is C14H18N4O. The van der Waals surface area contributed by atoms with Crippen LogP contribution in [-0.4, -0.2) is 35.5 Å². The summed E-state index contributed by atoms with van der Waals surface area (Å²) < 4.78 is 5.42. The molecule has 5 heteroatoms. The van der Waals surface area contributed by atoms with E-state index in [4.69, 9.17) is 10.5 Å². The minimum absolute atomic E-state index is 0.128. The first kappa shape index (κ1) is 12.3. The Labute approximate surface area is 112 Å². The van der Waals surface area contributed by atoms with Crippen molar-refractivity contribution in [2.75, 3.05) is 25.1 Å². The van der Waals surface area contributed by atoms with Crippen molar-refractivity contribution in [1.82, 2.24) is 10.2 Å². The number of nitrogens with two attached hydrogens (primary N) is 1. The van der Waals surface area contributed by atoms with Crippen LogP contribution in [0, 0.1) is 0 Å². The maximum absolute atomic E-state index is 5.96. The van der Waals surface area contributed by atoms with E-state index in [0.29, 0.717) is 6.54 Å². The van der Waals surface area contributed by atoms with E-state index in [-0.39, 0.29) is 5.54 Å². The van der Waals surface area contributed by atoms with Gasteiger partial charge in [0.25, 0.3) is 0 Å². The highest BCUT2D eigenvalue weighted by Gasteiger charge is 2.31. The van der Waals surface area contributed by atoms with Gasteiger partial charge in [-0.15, -0.1) is 5.10 Å². The molecule has 0 atom stereocenters. The van der Waals surface area contributed by atoms with E-state index in [9.17, 15) is 0 Å². The highest BCUT2D eigenvalue weighted by atomic mass is 16.5. The lowest BCUT2D eigenvalue weighted by molar-refractivity contribution is 0.0627. The predicted molar refractivity (Wildman–Crippen MR) is 75.0 cm³/mol. The number of anilines is 1. The number of rotatable bonds is 3. The second-order valence-electron chi connectivity index (χ2n) is 5.00. The molecule has 3 rings (SSSR count). The Bertz CT molecular complexity index is 561. The molecule has 1 aromatic carbocycles. The van der Waals surface area contributed by atoms with Crippen molar-refractivity contribution in [3.05, 3.63) is 30.5 Å². The first-order chi connectivity index (χ1) is 9.33. The van der Waals surface area contributed by atoms with E-state index in [1.807, 2.05) is 18.2 Å². The van der Waals surface area contributed by atoms with Gasteiger partial charge in [-0.1, -0.05) is 24.3 Å². The zero-order valence-corrected chi connectivity index (χ0v) is 10.8. The van der Waals surface area contributed by atoms with Gasteiger partial charge in [0, 0.05) is 30.5 Å². The Morgan fingerprint density at radius 3 is 2.84 bits per heavy atom. The van der Waals surface area contributed by atoms with Gasteiger partial charge in [0.1, 0.15) is 0 Å². The number of aromatic nitrogens is 2. The molecule has 1 aromatic heterocycles. The normalized spacial score (nSPS) is 18.4. The summed E-state index contributed by atoms with van der Waals surface area (Å²) in [7, 11) is 0. The Balaban J connectivity index is 1.96. The quantitative estimate of drug-likeness (QED) is 0.874. The second-order valence-corrected chi connectivity index (χ2v) is 5.00. The Hall–Kier alpha value is -1.72. The fourth-order valence-corrected chi connectivity index (χ4v) is 2.51. The lowest BCUT2D eigenvalue weighted by Gasteiger charge is -2.37. The van der Waals surface area contributed by atoms with Crippen molar-refractivity contribution >= 4 is 16.6 Å². The second kappa shape index (κ2) is 5.11. The number of ether oxygens (including phenoxy) is 1. The molecule has 3 N–H and O–H groups in total. The molecule has 1 aliphatic rings. The van der Waals surface area contributed by atoms with Gasteiger partial charge in [0.15, 0.2) is 5.82 Å². The number of hydrogen-bond acceptors (Lipinski definition) is 5. The molecule has 0 aliphatic carbocycles. The maximum atomic E-state index is 5.96. The van der Waals surface area contributed by atoms with Crippen LogP contribution in [0.4, 0.5) is 5.82 Å². The molecule has 0 radical (unpaired) electrons. The molecule has 0 spiro atoms. The molecule has 5 nitrogen and oxygen atoms in total. The molecule has 0 saturated carbocycles. The molecule has 1 fully saturated rings. The lowest BCUT2D eigenvalue weighted by Crippen LogP contribution is -2.49. The van der Waals surface area contributed by atoms with Crippen LogP contribution < -0.4 is 11.1 Å². The summed E-state index contributed by atoms with van der Waals surface area (Å²) >= 11 is 0. The van der Waals surface area contributed by atoms with Gasteiger partial charge in [-0.05, 0) is 12.8 Å². The number of hydrogen-bond donors (Lipinski definition) is 2. The third-order valence-corrected chi connectivity index (χ3v) is 3.79. The zero-order chi connectivity index (χ0) is 13.1. The van der Waals surface area contributed by atoms with Crippen LogP contribution in [0.3, 0.4) is 0 Å². The summed E-state index contributed by atoms with van der Waals surface area (Å²) in [6, 6.07) is 8.10. The molecule has 1 aliphatic heterocycles. The molecule has 2 heterocycles. The van der Waals surface area contributed by atoms with Gasteiger partial charge in [-0.2, -0.15) is 5.10 Å². The standard InChI is InChI=1S/C14H18N4O/c15-10-14(5-7-19-8-6-14)17-13-12-4-2-1-3-11(12)9-16-18-13/h1-4,9H,5-8,10,15H2,(H,17,18). The van der Waals surface area contributed by atoms with Crippen LogP contribution in [0.25, 0.3) is 10.8 Å². The van der Waals surface area contributed by atoms with Crippen LogP contribution >= 0.6 is 0 Å². The lowest BCUT2D eigenvalue weighted by atomic mass is 9.90. The number of benzene rings is 1. The molecule has 0 amide bonds. The van der Waals surface area contributed by atoms with Crippen LogP contribution in [0.1, 0.15) is 12.8 Å². The van der Waals surface area contributed by atoms with Gasteiger partial charge in [0.05, 0.1) is 11.7 Å². The average molecular weight is 258 g/mol. The van der Waals surface area contributed by atoms with Crippen molar-refractivity contribution in [1.29, 1.82) is 0 Å². The molecule has 1 saturated heterocycles. The molecule has 100 valence electrons. The van der Waals surface area contributed by atoms with Gasteiger partial charge in [0.2, 0.25) is 0 Å². The Morgan fingerprint density at radius 1 is 1.26 bits per heavy atom. The monoisotopic (exact) mass is 258 g/mol. The van der Waals surface area contributed by atoms with Gasteiger partial charge >= 0.3 is 0 Å². The van der Waals surface area contributed by atoms with E-state index in [1.54, 1.807) is 6.20 Å². The highest BCUT2D eigenvalue weighted by Crippen LogP contribution is 2.27. The summed E-state index contributed by atoms with van der Waals surface area (Å²) in [5.74, 6) is 0.811. The Kier molecular flexibility index (Phi) is 3.31. The maximum Gasteiger partial charge on any atom is 0.157 e. The zero-order valence-electron chi connectivity index (χ0n) is 10.8. The highest BCUT2D eigenvalue weighted by molar-refractivity contribution is 5.91. The van der Waals surface area contributed by atoms with Gasteiger partial charge in [-0.25, -0.2) is 0 Å². The summed E-state index contributed by atoms with van der Waals surface area (Å²) in [5, 5.41) is 14.0. The van der Waals surface area contributed by atoms with Crippen LogP contribution in [0.15, 0.2) is 30.5 Å². The van der Waals surface area contributed by atoms with Gasteiger partial charge < -0.3 is 15.8 Å². The minimum Gasteiger partial charge on any atom is -0.381 e. The van der Waals surface area contributed by atoms with Crippen LogP contribution in [0.2, 0.25) is 0 Å². The Morgan fingerprint density at radius 2 is 2.05 bits per heavy atom.